The van der Waals surface area contributed by atoms with Gasteiger partial charge in [0, 0.05) is 18.4 Å². The van der Waals surface area contributed by atoms with E-state index in [1.165, 1.54) is 18.4 Å². The van der Waals surface area contributed by atoms with Gasteiger partial charge in [0.05, 0.1) is 23.6 Å². The third kappa shape index (κ3) is 3.03. The molecule has 0 radical (unpaired) electrons. The first-order chi connectivity index (χ1) is 10.5. The molecule has 0 bridgehead atoms. The Balaban J connectivity index is 1.80. The van der Waals surface area contributed by atoms with E-state index in [2.05, 4.69) is 0 Å². The third-order valence-electron chi connectivity index (χ3n) is 4.52. The molecule has 1 aromatic carbocycles. The second-order valence-electron chi connectivity index (χ2n) is 6.06. The first kappa shape index (κ1) is 15.5. The molecule has 0 spiro atoms. The number of amides is 1. The lowest BCUT2D eigenvalue weighted by Gasteiger charge is -2.43. The van der Waals surface area contributed by atoms with Gasteiger partial charge < -0.3 is 9.64 Å². The van der Waals surface area contributed by atoms with Crippen LogP contribution < -0.4 is 0 Å². The maximum absolute atomic E-state index is 12.7. The van der Waals surface area contributed by atoms with Gasteiger partial charge in [-0.25, -0.2) is 8.42 Å². The summed E-state index contributed by atoms with van der Waals surface area (Å²) in [6.45, 7) is 1.18. The Morgan fingerprint density at radius 2 is 1.86 bits per heavy atom. The number of hydrogen-bond donors (Lipinski definition) is 0. The standard InChI is InChI=1S/C16H21NO4S/c1-22(19,20)13-8-6-12(7-9-13)16(18)17-10-11-21-15-5-3-2-4-14(15)17/h6-9,14-15H,2-5,10-11H2,1H3/t14-,15+/m1/s1. The molecule has 2 fully saturated rings. The van der Waals surface area contributed by atoms with Gasteiger partial charge in [-0.15, -0.1) is 0 Å². The van der Waals surface area contributed by atoms with Gasteiger partial charge in [-0.1, -0.05) is 12.8 Å². The molecule has 1 saturated carbocycles. The van der Waals surface area contributed by atoms with Gasteiger partial charge in [-0.3, -0.25) is 4.79 Å². The average Bonchev–Trinajstić information content (AvgIpc) is 2.53. The normalized spacial score (nSPS) is 25.6. The number of morpholine rings is 1. The molecule has 3 rings (SSSR count). The topological polar surface area (TPSA) is 63.7 Å². The van der Waals surface area contributed by atoms with Crippen LogP contribution in [0.15, 0.2) is 29.2 Å². The Morgan fingerprint density at radius 1 is 1.18 bits per heavy atom. The number of fused-ring (bicyclic) bond motifs is 1. The molecule has 1 aromatic rings. The van der Waals surface area contributed by atoms with E-state index in [4.69, 9.17) is 4.74 Å². The highest BCUT2D eigenvalue weighted by molar-refractivity contribution is 7.90. The predicted molar refractivity (Wildman–Crippen MR) is 82.6 cm³/mol. The lowest BCUT2D eigenvalue weighted by Crippen LogP contribution is -2.54. The SMILES string of the molecule is CS(=O)(=O)c1ccc(C(=O)N2CCO[C@H]3CCCC[C@H]32)cc1. The van der Waals surface area contributed by atoms with E-state index >= 15 is 0 Å². The number of nitrogens with zero attached hydrogens (tertiary/aromatic N) is 1. The summed E-state index contributed by atoms with van der Waals surface area (Å²) in [6, 6.07) is 6.37. The van der Waals surface area contributed by atoms with Gasteiger partial charge in [0.1, 0.15) is 0 Å². The lowest BCUT2D eigenvalue weighted by atomic mass is 9.89. The van der Waals surface area contributed by atoms with Crippen LogP contribution in [0.5, 0.6) is 0 Å². The molecule has 6 heteroatoms. The van der Waals surface area contributed by atoms with Crippen LogP contribution in [-0.4, -0.2) is 50.8 Å². The smallest absolute Gasteiger partial charge is 0.254 e. The van der Waals surface area contributed by atoms with E-state index in [-0.39, 0.29) is 22.9 Å². The largest absolute Gasteiger partial charge is 0.374 e. The minimum Gasteiger partial charge on any atom is -0.374 e. The van der Waals surface area contributed by atoms with Gasteiger partial charge in [-0.05, 0) is 37.1 Å². The molecule has 2 aliphatic rings. The fourth-order valence-electron chi connectivity index (χ4n) is 3.36. The minimum atomic E-state index is -3.23. The van der Waals surface area contributed by atoms with Crippen LogP contribution in [0.1, 0.15) is 36.0 Å². The van der Waals surface area contributed by atoms with Crippen molar-refractivity contribution in [3.63, 3.8) is 0 Å². The van der Waals surface area contributed by atoms with Gasteiger partial charge in [0.2, 0.25) is 0 Å². The molecule has 1 aliphatic carbocycles. The van der Waals surface area contributed by atoms with Crippen molar-refractivity contribution in [2.45, 2.75) is 42.7 Å². The van der Waals surface area contributed by atoms with Crippen LogP contribution >= 0.6 is 0 Å². The van der Waals surface area contributed by atoms with E-state index in [0.717, 1.165) is 25.7 Å². The van der Waals surface area contributed by atoms with Crippen molar-refractivity contribution < 1.29 is 17.9 Å². The van der Waals surface area contributed by atoms with E-state index in [1.54, 1.807) is 12.1 Å². The van der Waals surface area contributed by atoms with Crippen molar-refractivity contribution in [1.29, 1.82) is 0 Å². The van der Waals surface area contributed by atoms with Crippen molar-refractivity contribution in [2.24, 2.45) is 0 Å². The summed E-state index contributed by atoms with van der Waals surface area (Å²) in [5.74, 6) is -0.0275. The summed E-state index contributed by atoms with van der Waals surface area (Å²) in [7, 11) is -3.23. The third-order valence-corrected chi connectivity index (χ3v) is 5.65. The Morgan fingerprint density at radius 3 is 2.55 bits per heavy atom. The van der Waals surface area contributed by atoms with Crippen LogP contribution in [0.4, 0.5) is 0 Å². The van der Waals surface area contributed by atoms with E-state index in [0.29, 0.717) is 18.7 Å². The molecular formula is C16H21NO4S. The van der Waals surface area contributed by atoms with Crippen LogP contribution in [0.2, 0.25) is 0 Å². The Hall–Kier alpha value is -1.40. The predicted octanol–water partition coefficient (Wildman–Crippen LogP) is 1.87. The number of carbonyl (C=O) groups is 1. The molecule has 1 amide bonds. The van der Waals surface area contributed by atoms with Crippen LogP contribution in [0, 0.1) is 0 Å². The summed E-state index contributed by atoms with van der Waals surface area (Å²) in [6.07, 6.45) is 5.60. The first-order valence-corrected chi connectivity index (χ1v) is 9.58. The second kappa shape index (κ2) is 6.01. The Bertz CT molecular complexity index is 651. The van der Waals surface area contributed by atoms with Crippen molar-refractivity contribution in [1.82, 2.24) is 4.90 Å². The average molecular weight is 323 g/mol. The van der Waals surface area contributed by atoms with E-state index < -0.39 is 9.84 Å². The summed E-state index contributed by atoms with van der Waals surface area (Å²) < 4.78 is 28.8. The molecule has 2 atom stereocenters. The van der Waals surface area contributed by atoms with Gasteiger partial charge in [0.25, 0.3) is 5.91 Å². The number of hydrogen-bond acceptors (Lipinski definition) is 4. The monoisotopic (exact) mass is 323 g/mol. The van der Waals surface area contributed by atoms with Gasteiger partial charge in [0.15, 0.2) is 9.84 Å². The highest BCUT2D eigenvalue weighted by atomic mass is 32.2. The van der Waals surface area contributed by atoms with Crippen molar-refractivity contribution in [3.05, 3.63) is 29.8 Å². The zero-order valence-corrected chi connectivity index (χ0v) is 13.5. The van der Waals surface area contributed by atoms with E-state index in [9.17, 15) is 13.2 Å². The molecule has 1 saturated heterocycles. The summed E-state index contributed by atoms with van der Waals surface area (Å²) >= 11 is 0. The molecule has 120 valence electrons. The summed E-state index contributed by atoms with van der Waals surface area (Å²) in [4.78, 5) is 14.9. The highest BCUT2D eigenvalue weighted by Gasteiger charge is 2.36. The minimum absolute atomic E-state index is 0.0275. The first-order valence-electron chi connectivity index (χ1n) is 7.69. The molecule has 1 heterocycles. The fourth-order valence-corrected chi connectivity index (χ4v) is 3.99. The van der Waals surface area contributed by atoms with Crippen molar-refractivity contribution in [3.8, 4) is 0 Å². The van der Waals surface area contributed by atoms with Gasteiger partial charge in [-0.2, -0.15) is 0 Å². The zero-order chi connectivity index (χ0) is 15.7. The molecule has 22 heavy (non-hydrogen) atoms. The number of sulfone groups is 1. The Labute approximate surface area is 131 Å². The fraction of sp³-hybridized carbons (Fsp3) is 0.562. The second-order valence-corrected chi connectivity index (χ2v) is 8.07. The quantitative estimate of drug-likeness (QED) is 0.833. The lowest BCUT2D eigenvalue weighted by molar-refractivity contribution is -0.0752. The van der Waals surface area contributed by atoms with Crippen molar-refractivity contribution >= 4 is 15.7 Å². The van der Waals surface area contributed by atoms with Gasteiger partial charge >= 0.3 is 0 Å². The van der Waals surface area contributed by atoms with Crippen molar-refractivity contribution in [2.75, 3.05) is 19.4 Å². The molecule has 1 aliphatic heterocycles. The maximum atomic E-state index is 12.7. The number of ether oxygens (including phenoxy) is 1. The number of benzene rings is 1. The molecule has 0 unspecified atom stereocenters. The van der Waals surface area contributed by atoms with Crippen LogP contribution in [0.25, 0.3) is 0 Å². The van der Waals surface area contributed by atoms with Crippen LogP contribution in [0.3, 0.4) is 0 Å². The highest BCUT2D eigenvalue weighted by Crippen LogP contribution is 2.29. The summed E-state index contributed by atoms with van der Waals surface area (Å²) in [5, 5.41) is 0. The number of carbonyl (C=O) groups excluding carboxylic acids is 1. The zero-order valence-electron chi connectivity index (χ0n) is 12.7. The number of rotatable bonds is 2. The summed E-state index contributed by atoms with van der Waals surface area (Å²) in [5.41, 5.74) is 0.540. The Kier molecular flexibility index (Phi) is 4.23. The van der Waals surface area contributed by atoms with E-state index in [1.807, 2.05) is 4.90 Å². The molecule has 5 nitrogen and oxygen atoms in total. The molecule has 0 N–H and O–H groups in total. The molecule has 0 aromatic heterocycles. The van der Waals surface area contributed by atoms with Crippen LogP contribution in [-0.2, 0) is 14.6 Å². The maximum Gasteiger partial charge on any atom is 0.254 e. The molecular weight excluding hydrogens is 302 g/mol.